The van der Waals surface area contributed by atoms with Crippen molar-refractivity contribution in [1.29, 1.82) is 0 Å². The monoisotopic (exact) mass is 330 g/mol. The van der Waals surface area contributed by atoms with Gasteiger partial charge in [0.05, 0.1) is 0 Å². The first-order valence-electron chi connectivity index (χ1n) is 7.65. The van der Waals surface area contributed by atoms with Crippen molar-refractivity contribution in [2.24, 2.45) is 0 Å². The van der Waals surface area contributed by atoms with Crippen molar-refractivity contribution < 1.29 is 9.90 Å². The van der Waals surface area contributed by atoms with Crippen LogP contribution < -0.4 is 0 Å². The van der Waals surface area contributed by atoms with E-state index in [-0.39, 0.29) is 11.5 Å². The zero-order valence-corrected chi connectivity index (χ0v) is 13.6. The molecule has 0 bridgehead atoms. The fraction of sp³-hybridized carbons (Fsp3) is 0. The molecule has 24 heavy (non-hydrogen) atoms. The maximum Gasteiger partial charge on any atom is 0.195 e. The summed E-state index contributed by atoms with van der Waals surface area (Å²) in [5.41, 5.74) is 2.35. The Kier molecular flexibility index (Phi) is 3.63. The SMILES string of the molecule is O=C(c1ccc(O)cc1)c1c(-c2ccccc2)sc2ccccc12. The van der Waals surface area contributed by atoms with Crippen molar-refractivity contribution in [3.05, 3.63) is 90.0 Å². The van der Waals surface area contributed by atoms with E-state index in [2.05, 4.69) is 0 Å². The molecule has 0 aliphatic carbocycles. The predicted molar refractivity (Wildman–Crippen MR) is 98.8 cm³/mol. The molecule has 3 aromatic carbocycles. The number of ketones is 1. The molecule has 3 heteroatoms. The van der Waals surface area contributed by atoms with Crippen LogP contribution in [0, 0.1) is 0 Å². The van der Waals surface area contributed by atoms with Gasteiger partial charge in [-0.05, 0) is 35.9 Å². The van der Waals surface area contributed by atoms with E-state index in [1.165, 1.54) is 0 Å². The number of hydrogen-bond donors (Lipinski definition) is 1. The third-order valence-electron chi connectivity index (χ3n) is 3.99. The zero-order valence-electron chi connectivity index (χ0n) is 12.8. The molecule has 0 saturated heterocycles. The van der Waals surface area contributed by atoms with E-state index in [9.17, 15) is 9.90 Å². The second-order valence-electron chi connectivity index (χ2n) is 5.54. The van der Waals surface area contributed by atoms with Crippen molar-refractivity contribution in [2.75, 3.05) is 0 Å². The lowest BCUT2D eigenvalue weighted by molar-refractivity contribution is 0.104. The number of carbonyl (C=O) groups excluding carboxylic acids is 1. The second-order valence-corrected chi connectivity index (χ2v) is 6.60. The Hall–Kier alpha value is -2.91. The summed E-state index contributed by atoms with van der Waals surface area (Å²) < 4.78 is 1.10. The summed E-state index contributed by atoms with van der Waals surface area (Å²) in [6.45, 7) is 0. The van der Waals surface area contributed by atoms with Crippen molar-refractivity contribution >= 4 is 27.2 Å². The van der Waals surface area contributed by atoms with Crippen LogP contribution in [0.15, 0.2) is 78.9 Å². The molecule has 116 valence electrons. The quantitative estimate of drug-likeness (QED) is 0.503. The predicted octanol–water partition coefficient (Wildman–Crippen LogP) is 5.50. The van der Waals surface area contributed by atoms with Gasteiger partial charge in [-0.15, -0.1) is 11.3 Å². The Morgan fingerprint density at radius 1 is 0.792 bits per heavy atom. The number of phenolic OH excluding ortho intramolecular Hbond substituents is 1. The van der Waals surface area contributed by atoms with E-state index in [0.717, 1.165) is 26.1 Å². The van der Waals surface area contributed by atoms with Crippen LogP contribution in [0.1, 0.15) is 15.9 Å². The van der Waals surface area contributed by atoms with Crippen molar-refractivity contribution in [2.45, 2.75) is 0 Å². The van der Waals surface area contributed by atoms with Gasteiger partial charge < -0.3 is 5.11 Å². The number of thiophene rings is 1. The highest BCUT2D eigenvalue weighted by molar-refractivity contribution is 7.22. The summed E-state index contributed by atoms with van der Waals surface area (Å²) in [6.07, 6.45) is 0. The molecule has 0 aliphatic rings. The lowest BCUT2D eigenvalue weighted by Gasteiger charge is -2.05. The Morgan fingerprint density at radius 3 is 2.21 bits per heavy atom. The van der Waals surface area contributed by atoms with Gasteiger partial charge in [0.2, 0.25) is 0 Å². The molecule has 4 rings (SSSR count). The van der Waals surface area contributed by atoms with Crippen LogP contribution in [0.3, 0.4) is 0 Å². The molecule has 0 spiro atoms. The van der Waals surface area contributed by atoms with Gasteiger partial charge in [0.15, 0.2) is 5.78 Å². The Bertz CT molecular complexity index is 1010. The number of phenols is 1. The van der Waals surface area contributed by atoms with Crippen LogP contribution in [0.2, 0.25) is 0 Å². The van der Waals surface area contributed by atoms with Gasteiger partial charge in [-0.1, -0.05) is 48.5 Å². The molecule has 0 atom stereocenters. The van der Waals surface area contributed by atoms with Gasteiger partial charge >= 0.3 is 0 Å². The summed E-state index contributed by atoms with van der Waals surface area (Å²) in [4.78, 5) is 14.1. The normalized spacial score (nSPS) is 10.8. The smallest absolute Gasteiger partial charge is 0.195 e. The molecular formula is C21H14O2S. The minimum Gasteiger partial charge on any atom is -0.508 e. The molecule has 0 unspecified atom stereocenters. The third kappa shape index (κ3) is 2.49. The standard InChI is InChI=1S/C21H14O2S/c22-16-12-10-14(11-13-16)20(23)19-17-8-4-5-9-18(17)24-21(19)15-6-2-1-3-7-15/h1-13,22H. The minimum absolute atomic E-state index is 0.0219. The van der Waals surface area contributed by atoms with Gasteiger partial charge in [-0.2, -0.15) is 0 Å². The highest BCUT2D eigenvalue weighted by Crippen LogP contribution is 2.39. The van der Waals surface area contributed by atoms with Crippen LogP contribution >= 0.6 is 11.3 Å². The average Bonchev–Trinajstić information content (AvgIpc) is 3.02. The summed E-state index contributed by atoms with van der Waals surface area (Å²) in [5.74, 6) is 0.135. The average molecular weight is 330 g/mol. The maximum absolute atomic E-state index is 13.2. The molecule has 1 N–H and O–H groups in total. The molecule has 0 fully saturated rings. The fourth-order valence-electron chi connectivity index (χ4n) is 2.82. The third-order valence-corrected chi connectivity index (χ3v) is 5.21. The van der Waals surface area contributed by atoms with Gasteiger partial charge in [0, 0.05) is 26.1 Å². The number of hydrogen-bond acceptors (Lipinski definition) is 3. The first-order chi connectivity index (χ1) is 11.7. The number of carbonyl (C=O) groups is 1. The van der Waals surface area contributed by atoms with Crippen LogP contribution in [0.5, 0.6) is 5.75 Å². The highest BCUT2D eigenvalue weighted by atomic mass is 32.1. The fourth-order valence-corrected chi connectivity index (χ4v) is 4.03. The first-order valence-corrected chi connectivity index (χ1v) is 8.46. The summed E-state index contributed by atoms with van der Waals surface area (Å²) in [5, 5.41) is 10.4. The highest BCUT2D eigenvalue weighted by Gasteiger charge is 2.21. The second kappa shape index (κ2) is 5.95. The first kappa shape index (κ1) is 14.7. The van der Waals surface area contributed by atoms with Gasteiger partial charge in [0.1, 0.15) is 5.75 Å². The number of benzene rings is 3. The maximum atomic E-state index is 13.2. The Morgan fingerprint density at radius 2 is 1.46 bits per heavy atom. The molecule has 0 radical (unpaired) electrons. The van der Waals surface area contributed by atoms with Crippen LogP contribution in [-0.4, -0.2) is 10.9 Å². The summed E-state index contributed by atoms with van der Waals surface area (Å²) in [7, 11) is 0. The Labute approximate surface area is 143 Å². The lowest BCUT2D eigenvalue weighted by Crippen LogP contribution is -2.01. The van der Waals surface area contributed by atoms with Gasteiger partial charge in [0.25, 0.3) is 0 Å². The van der Waals surface area contributed by atoms with Crippen molar-refractivity contribution in [3.63, 3.8) is 0 Å². The molecule has 1 aromatic heterocycles. The number of aromatic hydroxyl groups is 1. The van der Waals surface area contributed by atoms with Gasteiger partial charge in [-0.3, -0.25) is 4.79 Å². The molecule has 0 amide bonds. The largest absolute Gasteiger partial charge is 0.508 e. The number of fused-ring (bicyclic) bond motifs is 1. The number of rotatable bonds is 3. The van der Waals surface area contributed by atoms with Crippen molar-refractivity contribution in [1.82, 2.24) is 0 Å². The lowest BCUT2D eigenvalue weighted by atomic mass is 9.97. The van der Waals surface area contributed by atoms with E-state index in [1.807, 2.05) is 54.6 Å². The van der Waals surface area contributed by atoms with E-state index >= 15 is 0 Å². The summed E-state index contributed by atoms with van der Waals surface area (Å²) in [6, 6.07) is 24.4. The van der Waals surface area contributed by atoms with Gasteiger partial charge in [-0.25, -0.2) is 0 Å². The van der Waals surface area contributed by atoms with Crippen molar-refractivity contribution in [3.8, 4) is 16.2 Å². The molecule has 4 aromatic rings. The van der Waals surface area contributed by atoms with E-state index in [1.54, 1.807) is 35.6 Å². The molecule has 0 aliphatic heterocycles. The molecule has 2 nitrogen and oxygen atoms in total. The topological polar surface area (TPSA) is 37.3 Å². The zero-order chi connectivity index (χ0) is 16.5. The minimum atomic E-state index is -0.0219. The van der Waals surface area contributed by atoms with E-state index < -0.39 is 0 Å². The van der Waals surface area contributed by atoms with Crippen LogP contribution in [0.4, 0.5) is 0 Å². The van der Waals surface area contributed by atoms with Crippen LogP contribution in [0.25, 0.3) is 20.5 Å². The molecule has 1 heterocycles. The van der Waals surface area contributed by atoms with E-state index in [0.29, 0.717) is 5.56 Å². The van der Waals surface area contributed by atoms with Crippen LogP contribution in [-0.2, 0) is 0 Å². The summed E-state index contributed by atoms with van der Waals surface area (Å²) >= 11 is 1.63. The molecular weight excluding hydrogens is 316 g/mol. The molecule has 0 saturated carbocycles. The van der Waals surface area contributed by atoms with E-state index in [4.69, 9.17) is 0 Å². The Balaban J connectivity index is 1.96.